The van der Waals surface area contributed by atoms with Crippen LogP contribution < -0.4 is 38.6 Å². The van der Waals surface area contributed by atoms with Crippen LogP contribution in [0.15, 0.2) is 42.0 Å². The van der Waals surface area contributed by atoms with Crippen molar-refractivity contribution in [2.75, 3.05) is 5.32 Å². The van der Waals surface area contributed by atoms with E-state index in [4.69, 9.17) is 21.9 Å². The second-order valence-corrected chi connectivity index (χ2v) is 13.0. The van der Waals surface area contributed by atoms with Gasteiger partial charge in [-0.05, 0) is 82.0 Å². The number of nitrogens with one attached hydrogen (secondary N) is 3. The SMILES string of the molecule is CC1(C)OB(O)c2cc(NC(=O)[C@@H](CCC3=CCC(C(F)(F)F)C=C3)NC(=O)C(N)CCC(=O)NC3CC(N)CC(N)C3)ccc21. The maximum atomic E-state index is 13.4. The minimum Gasteiger partial charge on any atom is -0.423 e. The number of nitrogens with two attached hydrogens (primary N) is 3. The van der Waals surface area contributed by atoms with Crippen molar-refractivity contribution in [1.82, 2.24) is 10.6 Å². The van der Waals surface area contributed by atoms with Crippen LogP contribution >= 0.6 is 0 Å². The predicted molar refractivity (Wildman–Crippen MR) is 168 cm³/mol. The van der Waals surface area contributed by atoms with Gasteiger partial charge >= 0.3 is 13.3 Å². The molecule has 0 saturated heterocycles. The number of halogens is 3. The Kier molecular flexibility index (Phi) is 11.4. The number of benzene rings is 1. The number of rotatable bonds is 11. The van der Waals surface area contributed by atoms with Crippen LogP contribution in [-0.4, -0.2) is 66.2 Å². The third kappa shape index (κ3) is 9.41. The zero-order valence-electron chi connectivity index (χ0n) is 26.1. The number of hydrogen-bond donors (Lipinski definition) is 7. The van der Waals surface area contributed by atoms with Gasteiger partial charge in [-0.3, -0.25) is 14.4 Å². The standard InChI is InChI=1S/C31H44BF3N6O5/c1-30(2)23-9-8-21(16-24(23)32(45)46-30)40-29(44)26(11-5-17-3-6-18(7-4-17)31(33,34)35)41-28(43)25(38)10-12-27(42)39-22-14-19(36)13-20(37)15-22/h3-4,6,8-9,16,18-20,22,25-26,45H,5,7,10-15,36-38H2,1-2H3,(H,39,42)(H,40,44)(H,41,43)/t18?,19?,20?,22?,25?,26-/m1/s1. The first-order valence-electron chi connectivity index (χ1n) is 15.6. The van der Waals surface area contributed by atoms with Gasteiger partial charge in [0.15, 0.2) is 0 Å². The van der Waals surface area contributed by atoms with Crippen molar-refractivity contribution in [2.24, 2.45) is 23.1 Å². The summed E-state index contributed by atoms with van der Waals surface area (Å²) in [5.41, 5.74) is 19.6. The Morgan fingerprint density at radius 2 is 1.80 bits per heavy atom. The van der Waals surface area contributed by atoms with Gasteiger partial charge in [-0.2, -0.15) is 13.2 Å². The van der Waals surface area contributed by atoms with Crippen LogP contribution in [0.25, 0.3) is 0 Å². The summed E-state index contributed by atoms with van der Waals surface area (Å²) >= 11 is 0. The molecule has 46 heavy (non-hydrogen) atoms. The van der Waals surface area contributed by atoms with Gasteiger partial charge in [0.25, 0.3) is 0 Å². The number of amides is 3. The van der Waals surface area contributed by atoms with Gasteiger partial charge in [-0.25, -0.2) is 0 Å². The van der Waals surface area contributed by atoms with E-state index in [2.05, 4.69) is 16.0 Å². The number of carbonyl (C=O) groups excluding carboxylic acids is 3. The highest BCUT2D eigenvalue weighted by atomic mass is 19.4. The van der Waals surface area contributed by atoms with E-state index in [1.165, 1.54) is 12.2 Å². The van der Waals surface area contributed by atoms with Gasteiger partial charge in [-0.1, -0.05) is 29.9 Å². The molecule has 15 heteroatoms. The summed E-state index contributed by atoms with van der Waals surface area (Å²) < 4.78 is 44.8. The van der Waals surface area contributed by atoms with Crippen molar-refractivity contribution < 1.29 is 37.2 Å². The van der Waals surface area contributed by atoms with Crippen LogP contribution in [0.5, 0.6) is 0 Å². The second kappa shape index (κ2) is 14.7. The van der Waals surface area contributed by atoms with Gasteiger partial charge in [0.1, 0.15) is 6.04 Å². The molecule has 252 valence electrons. The highest BCUT2D eigenvalue weighted by Crippen LogP contribution is 2.34. The topological polar surface area (TPSA) is 195 Å². The van der Waals surface area contributed by atoms with Crippen LogP contribution in [0.3, 0.4) is 0 Å². The molecule has 10 N–H and O–H groups in total. The van der Waals surface area contributed by atoms with E-state index in [0.717, 1.165) is 11.6 Å². The lowest BCUT2D eigenvalue weighted by atomic mass is 9.78. The highest BCUT2D eigenvalue weighted by molar-refractivity contribution is 6.62. The average molecular weight is 649 g/mol. The molecule has 11 nitrogen and oxygen atoms in total. The first-order chi connectivity index (χ1) is 21.5. The first-order valence-corrected chi connectivity index (χ1v) is 15.6. The third-order valence-electron chi connectivity index (χ3n) is 8.76. The molecule has 1 saturated carbocycles. The number of allylic oxidation sites excluding steroid dienone is 4. The summed E-state index contributed by atoms with van der Waals surface area (Å²) in [6, 6.07) is 2.42. The van der Waals surface area contributed by atoms with Crippen LogP contribution in [0, 0.1) is 5.92 Å². The normalized spacial score (nSPS) is 25.2. The third-order valence-corrected chi connectivity index (χ3v) is 8.76. The van der Waals surface area contributed by atoms with Crippen molar-refractivity contribution >= 4 is 36.0 Å². The number of anilines is 1. The van der Waals surface area contributed by atoms with E-state index in [1.54, 1.807) is 18.2 Å². The number of hydrogen-bond acceptors (Lipinski definition) is 8. The van der Waals surface area contributed by atoms with E-state index < -0.39 is 48.7 Å². The Morgan fingerprint density at radius 1 is 1.11 bits per heavy atom. The average Bonchev–Trinajstić information content (AvgIpc) is 3.19. The summed E-state index contributed by atoms with van der Waals surface area (Å²) in [5, 5.41) is 18.6. The Morgan fingerprint density at radius 3 is 2.43 bits per heavy atom. The Labute approximate surface area is 267 Å². The number of fused-ring (bicyclic) bond motifs is 1. The lowest BCUT2D eigenvalue weighted by Gasteiger charge is -2.31. The van der Waals surface area contributed by atoms with Crippen molar-refractivity contribution in [3.63, 3.8) is 0 Å². The van der Waals surface area contributed by atoms with E-state index >= 15 is 0 Å². The van der Waals surface area contributed by atoms with Crippen molar-refractivity contribution in [1.29, 1.82) is 0 Å². The molecule has 1 heterocycles. The molecule has 0 bridgehead atoms. The van der Waals surface area contributed by atoms with E-state index in [0.29, 0.717) is 36.0 Å². The second-order valence-electron chi connectivity index (χ2n) is 13.0. The van der Waals surface area contributed by atoms with E-state index in [-0.39, 0.29) is 56.1 Å². The largest absolute Gasteiger partial charge is 0.492 e. The zero-order chi connectivity index (χ0) is 33.8. The molecule has 1 aliphatic heterocycles. The maximum absolute atomic E-state index is 13.4. The Balaban J connectivity index is 1.38. The summed E-state index contributed by atoms with van der Waals surface area (Å²) in [7, 11) is -1.18. The summed E-state index contributed by atoms with van der Waals surface area (Å²) in [5.74, 6) is -3.09. The van der Waals surface area contributed by atoms with Gasteiger partial charge in [-0.15, -0.1) is 0 Å². The molecule has 0 aromatic heterocycles. The maximum Gasteiger partial charge on any atom is 0.492 e. The van der Waals surface area contributed by atoms with Gasteiger partial charge in [0.05, 0.1) is 17.6 Å². The quantitative estimate of drug-likeness (QED) is 0.175. The fraction of sp³-hybridized carbons (Fsp3) is 0.581. The molecule has 0 spiro atoms. The molecule has 3 aliphatic rings. The molecule has 1 fully saturated rings. The lowest BCUT2D eigenvalue weighted by Crippen LogP contribution is -2.51. The minimum atomic E-state index is -4.35. The molecule has 2 aliphatic carbocycles. The molecule has 3 amide bonds. The van der Waals surface area contributed by atoms with Crippen molar-refractivity contribution in [3.8, 4) is 0 Å². The molecule has 4 unspecified atom stereocenters. The van der Waals surface area contributed by atoms with Crippen LogP contribution in [-0.2, 0) is 24.6 Å². The van der Waals surface area contributed by atoms with Crippen LogP contribution in [0.1, 0.15) is 70.8 Å². The van der Waals surface area contributed by atoms with Gasteiger partial charge in [0.2, 0.25) is 17.7 Å². The van der Waals surface area contributed by atoms with Crippen molar-refractivity contribution in [2.45, 2.75) is 107 Å². The molecule has 4 rings (SSSR count). The fourth-order valence-corrected chi connectivity index (χ4v) is 6.22. The van der Waals surface area contributed by atoms with E-state index in [9.17, 15) is 32.6 Å². The molecule has 0 radical (unpaired) electrons. The predicted octanol–water partition coefficient (Wildman–Crippen LogP) is 1.34. The van der Waals surface area contributed by atoms with Crippen LogP contribution in [0.2, 0.25) is 0 Å². The Hall–Kier alpha value is -3.24. The van der Waals surface area contributed by atoms with Crippen molar-refractivity contribution in [3.05, 3.63) is 47.6 Å². The monoisotopic (exact) mass is 648 g/mol. The first kappa shape index (κ1) is 35.6. The molecular weight excluding hydrogens is 604 g/mol. The van der Waals surface area contributed by atoms with Crippen LogP contribution in [0.4, 0.5) is 18.9 Å². The lowest BCUT2D eigenvalue weighted by molar-refractivity contribution is -0.160. The summed E-state index contributed by atoms with van der Waals surface area (Å²) in [4.78, 5) is 39.1. The highest BCUT2D eigenvalue weighted by Gasteiger charge is 2.41. The van der Waals surface area contributed by atoms with Gasteiger partial charge < -0.3 is 42.8 Å². The zero-order valence-corrected chi connectivity index (χ0v) is 26.1. The summed E-state index contributed by atoms with van der Waals surface area (Å²) in [6.07, 6.45) is 1.60. The Bertz CT molecular complexity index is 1350. The number of alkyl halides is 3. The molecule has 1 aromatic carbocycles. The summed E-state index contributed by atoms with van der Waals surface area (Å²) in [6.45, 7) is 3.62. The molecule has 1 aromatic rings. The van der Waals surface area contributed by atoms with Gasteiger partial charge in [0, 0.05) is 30.2 Å². The van der Waals surface area contributed by atoms with E-state index in [1.807, 2.05) is 13.8 Å². The smallest absolute Gasteiger partial charge is 0.423 e. The minimum absolute atomic E-state index is 0.0159. The molecule has 5 atom stereocenters. The molecular formula is C31H44BF3N6O5. The fourth-order valence-electron chi connectivity index (χ4n) is 6.22. The number of carbonyl (C=O) groups is 3.